The number of primary amides is 1. The van der Waals surface area contributed by atoms with E-state index in [2.05, 4.69) is 5.32 Å². The molecule has 168 valence electrons. The third-order valence-electron chi connectivity index (χ3n) is 5.98. The molecule has 30 heavy (non-hydrogen) atoms. The van der Waals surface area contributed by atoms with E-state index < -0.39 is 47.4 Å². The summed E-state index contributed by atoms with van der Waals surface area (Å²) >= 11 is 0. The Hall–Kier alpha value is -2.49. The fourth-order valence-corrected chi connectivity index (χ4v) is 4.35. The number of hydrogen-bond donors (Lipinski definition) is 3. The van der Waals surface area contributed by atoms with Crippen molar-refractivity contribution in [3.63, 3.8) is 0 Å². The average molecular weight is 424 g/mol. The molecule has 0 spiro atoms. The summed E-state index contributed by atoms with van der Waals surface area (Å²) in [6, 6.07) is -2.04. The largest absolute Gasteiger partial charge is 0.436 e. The number of nitrogens with one attached hydrogen (secondary N) is 1. The zero-order valence-electron chi connectivity index (χ0n) is 17.8. The molecule has 1 heterocycles. The number of nitrogens with zero attached hydrogens (tertiary/aromatic N) is 1. The molecule has 1 saturated carbocycles. The first-order valence-corrected chi connectivity index (χ1v) is 10.3. The number of rotatable bonds is 8. The standard InChI is InChI=1S/C20H32N4O6/c1-11(15(26)10-25)24(14-9-20(2,3)23-17(14)27)18(28)16(30-19(22)29)8-12-4-6-13(21)7-5-12/h10-14,16H,4-9,21H2,1-3H3,(H2,22,29)(H,23,27). The zero-order chi connectivity index (χ0) is 22.6. The van der Waals surface area contributed by atoms with Crippen molar-refractivity contribution in [3.8, 4) is 0 Å². The van der Waals surface area contributed by atoms with E-state index in [0.717, 1.165) is 30.6 Å². The van der Waals surface area contributed by atoms with Crippen molar-refractivity contribution in [2.45, 2.75) is 89.1 Å². The molecule has 1 saturated heterocycles. The van der Waals surface area contributed by atoms with Gasteiger partial charge >= 0.3 is 6.09 Å². The number of carbonyl (C=O) groups excluding carboxylic acids is 5. The van der Waals surface area contributed by atoms with E-state index in [1.807, 2.05) is 0 Å². The van der Waals surface area contributed by atoms with Gasteiger partial charge in [0.05, 0.1) is 6.04 Å². The Morgan fingerprint density at radius 3 is 2.33 bits per heavy atom. The molecule has 2 fully saturated rings. The van der Waals surface area contributed by atoms with Crippen molar-refractivity contribution in [1.82, 2.24) is 10.2 Å². The van der Waals surface area contributed by atoms with Crippen LogP contribution in [-0.4, -0.2) is 64.6 Å². The van der Waals surface area contributed by atoms with Crippen LogP contribution in [0.15, 0.2) is 0 Å². The summed E-state index contributed by atoms with van der Waals surface area (Å²) in [6.45, 7) is 4.97. The predicted molar refractivity (Wildman–Crippen MR) is 107 cm³/mol. The summed E-state index contributed by atoms with van der Waals surface area (Å²) in [5.74, 6) is -1.89. The second-order valence-corrected chi connectivity index (χ2v) is 8.98. The van der Waals surface area contributed by atoms with Crippen molar-refractivity contribution in [1.29, 1.82) is 0 Å². The molecule has 0 radical (unpaired) electrons. The first kappa shape index (κ1) is 23.8. The lowest BCUT2D eigenvalue weighted by molar-refractivity contribution is -0.153. The Balaban J connectivity index is 2.31. The van der Waals surface area contributed by atoms with E-state index in [9.17, 15) is 24.0 Å². The maximum Gasteiger partial charge on any atom is 0.405 e. The smallest absolute Gasteiger partial charge is 0.405 e. The fourth-order valence-electron chi connectivity index (χ4n) is 4.35. The second kappa shape index (κ2) is 9.55. The number of Topliss-reactive ketones (excluding diaryl/α,β-unsaturated/α-hetero) is 1. The van der Waals surface area contributed by atoms with Gasteiger partial charge in [-0.2, -0.15) is 0 Å². The van der Waals surface area contributed by atoms with Gasteiger partial charge in [0.1, 0.15) is 6.04 Å². The van der Waals surface area contributed by atoms with E-state index in [1.165, 1.54) is 6.92 Å². The molecular formula is C20H32N4O6. The second-order valence-electron chi connectivity index (χ2n) is 8.98. The van der Waals surface area contributed by atoms with Gasteiger partial charge in [-0.1, -0.05) is 0 Å². The number of hydrogen-bond acceptors (Lipinski definition) is 7. The number of amides is 3. The topological polar surface area (TPSA) is 162 Å². The quantitative estimate of drug-likeness (QED) is 0.365. The normalized spacial score (nSPS) is 27.5. The minimum Gasteiger partial charge on any atom is -0.436 e. The maximum absolute atomic E-state index is 13.4. The van der Waals surface area contributed by atoms with Crippen LogP contribution < -0.4 is 16.8 Å². The molecule has 3 amide bonds. The van der Waals surface area contributed by atoms with Gasteiger partial charge in [-0.05, 0) is 65.2 Å². The molecule has 0 bridgehead atoms. The van der Waals surface area contributed by atoms with Crippen LogP contribution in [0.5, 0.6) is 0 Å². The molecule has 5 N–H and O–H groups in total. The molecule has 10 heteroatoms. The van der Waals surface area contributed by atoms with E-state index >= 15 is 0 Å². The van der Waals surface area contributed by atoms with Crippen molar-refractivity contribution in [3.05, 3.63) is 0 Å². The Morgan fingerprint density at radius 2 is 1.87 bits per heavy atom. The highest BCUT2D eigenvalue weighted by molar-refractivity contribution is 6.28. The van der Waals surface area contributed by atoms with Crippen LogP contribution in [0, 0.1) is 5.92 Å². The maximum atomic E-state index is 13.4. The third kappa shape index (κ3) is 5.78. The van der Waals surface area contributed by atoms with E-state index in [0.29, 0.717) is 0 Å². The van der Waals surface area contributed by atoms with Gasteiger partial charge in [0.25, 0.3) is 5.91 Å². The summed E-state index contributed by atoms with van der Waals surface area (Å²) in [6.07, 6.45) is 1.35. The van der Waals surface area contributed by atoms with Gasteiger partial charge in [0, 0.05) is 11.6 Å². The van der Waals surface area contributed by atoms with E-state index in [4.69, 9.17) is 16.2 Å². The summed E-state index contributed by atoms with van der Waals surface area (Å²) < 4.78 is 5.12. The Bertz CT molecular complexity index is 701. The van der Waals surface area contributed by atoms with Gasteiger partial charge in [-0.15, -0.1) is 0 Å². The molecule has 0 aromatic carbocycles. The SMILES string of the molecule is CC(C(=O)C=O)N(C(=O)C(CC1CCC(N)CC1)OC(N)=O)C1CC(C)(C)NC1=O. The lowest BCUT2D eigenvalue weighted by atomic mass is 9.83. The van der Waals surface area contributed by atoms with Gasteiger partial charge in [0.2, 0.25) is 11.7 Å². The van der Waals surface area contributed by atoms with Crippen molar-refractivity contribution in [2.75, 3.05) is 0 Å². The molecule has 0 aromatic rings. The van der Waals surface area contributed by atoms with Crippen LogP contribution in [0.2, 0.25) is 0 Å². The monoisotopic (exact) mass is 424 g/mol. The van der Waals surface area contributed by atoms with Gasteiger partial charge < -0.3 is 26.4 Å². The summed E-state index contributed by atoms with van der Waals surface area (Å²) in [5.41, 5.74) is 10.5. The third-order valence-corrected chi connectivity index (χ3v) is 5.98. The molecule has 10 nitrogen and oxygen atoms in total. The Labute approximate surface area is 176 Å². The lowest BCUT2D eigenvalue weighted by Gasteiger charge is -2.35. The molecule has 0 aromatic heterocycles. The van der Waals surface area contributed by atoms with Gasteiger partial charge in [-0.25, -0.2) is 4.79 Å². The zero-order valence-corrected chi connectivity index (χ0v) is 17.8. The van der Waals surface area contributed by atoms with Gasteiger partial charge in [0.15, 0.2) is 12.4 Å². The molecule has 1 aliphatic carbocycles. The highest BCUT2D eigenvalue weighted by atomic mass is 16.6. The van der Waals surface area contributed by atoms with Crippen LogP contribution in [0.25, 0.3) is 0 Å². The van der Waals surface area contributed by atoms with Crippen LogP contribution in [0.1, 0.15) is 59.3 Å². The van der Waals surface area contributed by atoms with Crippen LogP contribution in [-0.2, 0) is 23.9 Å². The van der Waals surface area contributed by atoms with Crippen molar-refractivity contribution in [2.24, 2.45) is 17.4 Å². The fraction of sp³-hybridized carbons (Fsp3) is 0.750. The van der Waals surface area contributed by atoms with Crippen LogP contribution >= 0.6 is 0 Å². The molecule has 1 aliphatic heterocycles. The Morgan fingerprint density at radius 1 is 1.27 bits per heavy atom. The van der Waals surface area contributed by atoms with Crippen LogP contribution in [0.4, 0.5) is 4.79 Å². The summed E-state index contributed by atoms with van der Waals surface area (Å²) in [4.78, 5) is 61.8. The molecule has 2 rings (SSSR count). The predicted octanol–water partition coefficient (Wildman–Crippen LogP) is 0.0101. The minimum atomic E-state index is -1.25. The number of nitrogens with two attached hydrogens (primary N) is 2. The number of carbonyl (C=O) groups is 5. The van der Waals surface area contributed by atoms with Gasteiger partial charge in [-0.3, -0.25) is 19.2 Å². The molecule has 3 unspecified atom stereocenters. The summed E-state index contributed by atoms with van der Waals surface area (Å²) in [5, 5.41) is 2.78. The lowest BCUT2D eigenvalue weighted by Crippen LogP contribution is -2.56. The summed E-state index contributed by atoms with van der Waals surface area (Å²) in [7, 11) is 0. The minimum absolute atomic E-state index is 0.0888. The number of aldehydes is 1. The number of ether oxygens (including phenoxy) is 1. The average Bonchev–Trinajstić information content (AvgIpc) is 2.94. The van der Waals surface area contributed by atoms with E-state index in [1.54, 1.807) is 13.8 Å². The molecule has 2 aliphatic rings. The molecule has 3 atom stereocenters. The molecular weight excluding hydrogens is 392 g/mol. The Kier molecular flexibility index (Phi) is 7.57. The highest BCUT2D eigenvalue weighted by Gasteiger charge is 2.47. The first-order valence-electron chi connectivity index (χ1n) is 10.3. The van der Waals surface area contributed by atoms with Crippen molar-refractivity contribution >= 4 is 30.0 Å². The van der Waals surface area contributed by atoms with Crippen molar-refractivity contribution < 1.29 is 28.7 Å². The highest BCUT2D eigenvalue weighted by Crippen LogP contribution is 2.30. The van der Waals surface area contributed by atoms with E-state index in [-0.39, 0.29) is 31.1 Å². The number of ketones is 1. The first-order chi connectivity index (χ1) is 13.9. The van der Waals surface area contributed by atoms with Crippen LogP contribution in [0.3, 0.4) is 0 Å².